The summed E-state index contributed by atoms with van der Waals surface area (Å²) in [6.45, 7) is 6.75. The fourth-order valence-corrected chi connectivity index (χ4v) is 7.24. The molecule has 0 radical (unpaired) electrons. The van der Waals surface area contributed by atoms with Crippen LogP contribution in [0.4, 0.5) is 0 Å². The molecule has 226 valence electrons. The zero-order valence-corrected chi connectivity index (χ0v) is 26.4. The number of para-hydroxylation sites is 1. The first kappa shape index (κ1) is 27.9. The van der Waals surface area contributed by atoms with Crippen molar-refractivity contribution in [3.05, 3.63) is 169 Å². The van der Waals surface area contributed by atoms with E-state index in [1.54, 1.807) is 0 Å². The topological polar surface area (TPSA) is 38.9 Å². The molecule has 0 atom stereocenters. The molecule has 6 aromatic carbocycles. The van der Waals surface area contributed by atoms with Gasteiger partial charge in [-0.25, -0.2) is 0 Å². The van der Waals surface area contributed by atoms with Crippen LogP contribution in [0.5, 0.6) is 0 Å². The molecule has 9 rings (SSSR count). The lowest BCUT2D eigenvalue weighted by Gasteiger charge is -2.18. The molecule has 3 nitrogen and oxygen atoms in total. The molecule has 0 amide bonds. The molecule has 0 spiro atoms. The van der Waals surface area contributed by atoms with Gasteiger partial charge in [-0.15, -0.1) is 0 Å². The zero-order chi connectivity index (χ0) is 32.2. The number of aryl methyl sites for hydroxylation is 1. The number of hydrogen-bond acceptors (Lipinski definition) is 3. The van der Waals surface area contributed by atoms with E-state index >= 15 is 0 Å². The highest BCUT2D eigenvalue weighted by molar-refractivity contribution is 6.23. The van der Waals surface area contributed by atoms with Gasteiger partial charge in [0.2, 0.25) is 0 Å². The predicted molar refractivity (Wildman–Crippen MR) is 202 cm³/mol. The average molecular weight is 615 g/mol. The van der Waals surface area contributed by atoms with Crippen LogP contribution in [0, 0.1) is 6.92 Å². The van der Waals surface area contributed by atoms with Gasteiger partial charge in [-0.1, -0.05) is 122 Å². The number of allylic oxidation sites excluding steroid dienone is 2. The molecule has 3 heteroatoms. The van der Waals surface area contributed by atoms with E-state index in [1.165, 1.54) is 11.1 Å². The SMILES string of the molecule is C=C(/C=C\c1ccccc1C)c1c2ccccc2c(-c2oc3ccccc3c2-c2cc3cccnc3c3ncccc23)c2ccccc12. The summed E-state index contributed by atoms with van der Waals surface area (Å²) >= 11 is 0. The number of benzene rings is 6. The summed E-state index contributed by atoms with van der Waals surface area (Å²) < 4.78 is 6.96. The Hall–Kier alpha value is -6.32. The Kier molecular flexibility index (Phi) is 6.51. The van der Waals surface area contributed by atoms with E-state index in [0.29, 0.717) is 0 Å². The van der Waals surface area contributed by atoms with Gasteiger partial charge in [0, 0.05) is 39.7 Å². The third kappa shape index (κ3) is 4.36. The maximum absolute atomic E-state index is 6.96. The van der Waals surface area contributed by atoms with E-state index in [9.17, 15) is 0 Å². The highest BCUT2D eigenvalue weighted by Gasteiger charge is 2.25. The molecule has 0 aliphatic heterocycles. The van der Waals surface area contributed by atoms with E-state index in [1.807, 2.05) is 30.6 Å². The zero-order valence-electron chi connectivity index (χ0n) is 26.4. The van der Waals surface area contributed by atoms with E-state index in [2.05, 4.69) is 135 Å². The lowest BCUT2D eigenvalue weighted by molar-refractivity contribution is 0.634. The lowest BCUT2D eigenvalue weighted by atomic mass is 9.85. The first-order valence-electron chi connectivity index (χ1n) is 16.2. The number of aromatic nitrogens is 2. The molecule has 9 aromatic rings. The summed E-state index contributed by atoms with van der Waals surface area (Å²) in [7, 11) is 0. The molecular formula is C45H30N2O. The molecule has 3 heterocycles. The third-order valence-corrected chi connectivity index (χ3v) is 9.46. The fourth-order valence-electron chi connectivity index (χ4n) is 7.24. The van der Waals surface area contributed by atoms with Gasteiger partial charge in [-0.2, -0.15) is 0 Å². The van der Waals surface area contributed by atoms with Crippen LogP contribution in [0.3, 0.4) is 0 Å². The molecule has 0 unspecified atom stereocenters. The van der Waals surface area contributed by atoms with Gasteiger partial charge in [0.25, 0.3) is 0 Å². The first-order valence-corrected chi connectivity index (χ1v) is 16.2. The molecule has 0 bridgehead atoms. The summed E-state index contributed by atoms with van der Waals surface area (Å²) in [5.41, 5.74) is 10.3. The van der Waals surface area contributed by atoms with Crippen LogP contribution < -0.4 is 0 Å². The van der Waals surface area contributed by atoms with E-state index in [-0.39, 0.29) is 0 Å². The van der Waals surface area contributed by atoms with E-state index in [0.717, 1.165) is 87.9 Å². The molecule has 0 aliphatic rings. The number of nitrogens with zero attached hydrogens (tertiary/aromatic N) is 2. The largest absolute Gasteiger partial charge is 0.455 e. The summed E-state index contributed by atoms with van der Waals surface area (Å²) in [6.07, 6.45) is 7.98. The van der Waals surface area contributed by atoms with Crippen LogP contribution in [-0.2, 0) is 0 Å². The van der Waals surface area contributed by atoms with Crippen LogP contribution in [0.2, 0.25) is 0 Å². The normalized spacial score (nSPS) is 11.9. The Morgan fingerprint density at radius 3 is 1.96 bits per heavy atom. The smallest absolute Gasteiger partial charge is 0.144 e. The quantitative estimate of drug-likeness (QED) is 0.110. The van der Waals surface area contributed by atoms with Crippen molar-refractivity contribution in [3.8, 4) is 22.5 Å². The average Bonchev–Trinajstić information content (AvgIpc) is 3.51. The summed E-state index contributed by atoms with van der Waals surface area (Å²) in [4.78, 5) is 9.55. The highest BCUT2D eigenvalue weighted by Crippen LogP contribution is 2.49. The second-order valence-electron chi connectivity index (χ2n) is 12.3. The fraction of sp³-hybridized carbons (Fsp3) is 0.0222. The Morgan fingerprint density at radius 2 is 1.21 bits per heavy atom. The molecule has 48 heavy (non-hydrogen) atoms. The molecular weight excluding hydrogens is 585 g/mol. The summed E-state index contributed by atoms with van der Waals surface area (Å²) in [5.74, 6) is 0.838. The second-order valence-corrected chi connectivity index (χ2v) is 12.3. The molecule has 0 N–H and O–H groups in total. The molecule has 0 aliphatic carbocycles. The standard InChI is InChI=1S/C45H30N2O/c1-28-13-3-4-14-30(28)24-23-29(2)40-32-16-5-7-18-34(32)41(35-19-8-6-17-33(35)40)45-42(37-20-9-10-22-39(37)48-45)38-27-31-15-11-25-46-43(31)44-36(38)21-12-26-47-44/h3-27H,2H2,1H3/b24-23-. The minimum Gasteiger partial charge on any atom is -0.455 e. The van der Waals surface area contributed by atoms with Gasteiger partial charge in [0.15, 0.2) is 0 Å². The molecule has 0 saturated carbocycles. The Labute approximate surface area is 278 Å². The van der Waals surface area contributed by atoms with Crippen molar-refractivity contribution in [1.29, 1.82) is 0 Å². The minimum atomic E-state index is 0.838. The Balaban J connectivity index is 1.38. The molecule has 3 aromatic heterocycles. The number of fused-ring (bicyclic) bond motifs is 6. The van der Waals surface area contributed by atoms with E-state index in [4.69, 9.17) is 14.4 Å². The summed E-state index contributed by atoms with van der Waals surface area (Å²) in [5, 5.41) is 7.62. The van der Waals surface area contributed by atoms with Crippen LogP contribution in [0.1, 0.15) is 16.7 Å². The highest BCUT2D eigenvalue weighted by atomic mass is 16.3. The number of hydrogen-bond donors (Lipinski definition) is 0. The second kappa shape index (κ2) is 11.2. The van der Waals surface area contributed by atoms with Gasteiger partial charge < -0.3 is 4.42 Å². The van der Waals surface area contributed by atoms with Crippen molar-refractivity contribution >= 4 is 66.0 Å². The molecule has 0 fully saturated rings. The minimum absolute atomic E-state index is 0.838. The van der Waals surface area contributed by atoms with Crippen LogP contribution in [0.15, 0.2) is 157 Å². The summed E-state index contributed by atoms with van der Waals surface area (Å²) in [6, 6.07) is 44.5. The van der Waals surface area contributed by atoms with E-state index < -0.39 is 0 Å². The van der Waals surface area contributed by atoms with Crippen molar-refractivity contribution in [2.24, 2.45) is 0 Å². The van der Waals surface area contributed by atoms with Gasteiger partial charge >= 0.3 is 0 Å². The maximum atomic E-state index is 6.96. The van der Waals surface area contributed by atoms with Crippen molar-refractivity contribution < 1.29 is 4.42 Å². The van der Waals surface area contributed by atoms with Crippen molar-refractivity contribution in [3.63, 3.8) is 0 Å². The monoisotopic (exact) mass is 614 g/mol. The number of rotatable bonds is 5. The van der Waals surface area contributed by atoms with Crippen LogP contribution in [-0.4, -0.2) is 9.97 Å². The van der Waals surface area contributed by atoms with Crippen LogP contribution >= 0.6 is 0 Å². The van der Waals surface area contributed by atoms with Gasteiger partial charge in [0.05, 0.1) is 11.0 Å². The van der Waals surface area contributed by atoms with Gasteiger partial charge in [0.1, 0.15) is 11.3 Å². The number of furan rings is 1. The third-order valence-electron chi connectivity index (χ3n) is 9.46. The Morgan fingerprint density at radius 1 is 0.604 bits per heavy atom. The molecule has 0 saturated heterocycles. The number of pyridine rings is 2. The van der Waals surface area contributed by atoms with Gasteiger partial charge in [-0.05, 0) is 80.6 Å². The van der Waals surface area contributed by atoms with Crippen molar-refractivity contribution in [2.75, 3.05) is 0 Å². The van der Waals surface area contributed by atoms with Crippen LogP contribution in [0.25, 0.3) is 88.4 Å². The Bertz CT molecular complexity index is 2710. The van der Waals surface area contributed by atoms with Gasteiger partial charge in [-0.3, -0.25) is 9.97 Å². The maximum Gasteiger partial charge on any atom is 0.144 e. The lowest BCUT2D eigenvalue weighted by Crippen LogP contribution is -1.93. The first-order chi connectivity index (χ1) is 23.7. The predicted octanol–water partition coefficient (Wildman–Crippen LogP) is 12.2. The van der Waals surface area contributed by atoms with Crippen molar-refractivity contribution in [1.82, 2.24) is 9.97 Å². The van der Waals surface area contributed by atoms with Crippen molar-refractivity contribution in [2.45, 2.75) is 6.92 Å².